The van der Waals surface area contributed by atoms with Crippen molar-refractivity contribution in [3.05, 3.63) is 41.0 Å². The lowest BCUT2D eigenvalue weighted by molar-refractivity contribution is 0.525. The van der Waals surface area contributed by atoms with Crippen LogP contribution in [0.1, 0.15) is 51.2 Å². The van der Waals surface area contributed by atoms with Gasteiger partial charge in [0, 0.05) is 4.90 Å². The van der Waals surface area contributed by atoms with Gasteiger partial charge in [0.05, 0.1) is 11.1 Å². The van der Waals surface area contributed by atoms with E-state index in [0.717, 1.165) is 23.5 Å². The van der Waals surface area contributed by atoms with Crippen molar-refractivity contribution in [2.24, 2.45) is 5.92 Å². The van der Waals surface area contributed by atoms with Gasteiger partial charge in [-0.3, -0.25) is 0 Å². The molecule has 0 aromatic heterocycles. The van der Waals surface area contributed by atoms with Gasteiger partial charge >= 0.3 is 0 Å². The topological polar surface area (TPSA) is 47.6 Å². The molecule has 0 aliphatic carbocycles. The summed E-state index contributed by atoms with van der Waals surface area (Å²) in [5.41, 5.74) is 2.37. The van der Waals surface area contributed by atoms with Crippen molar-refractivity contribution in [3.63, 3.8) is 0 Å². The normalized spacial score (nSPS) is 11.3. The summed E-state index contributed by atoms with van der Waals surface area (Å²) < 4.78 is 0. The SMILES string of the molecule is CC(C)=CCCC(C)CCSc1cccc(C#N)c1C#N. The van der Waals surface area contributed by atoms with Gasteiger partial charge in [0.1, 0.15) is 12.1 Å². The number of thioether (sulfide) groups is 1. The summed E-state index contributed by atoms with van der Waals surface area (Å²) in [7, 11) is 0. The van der Waals surface area contributed by atoms with E-state index in [1.54, 1.807) is 17.8 Å². The van der Waals surface area contributed by atoms with Gasteiger partial charge in [-0.1, -0.05) is 24.6 Å². The number of allylic oxidation sites excluding steroid dienone is 2. The third-order valence-electron chi connectivity index (χ3n) is 3.34. The molecule has 0 heterocycles. The number of rotatable bonds is 7. The average Bonchev–Trinajstić information content (AvgIpc) is 2.46. The Balaban J connectivity index is 2.48. The van der Waals surface area contributed by atoms with Gasteiger partial charge in [0.2, 0.25) is 0 Å². The van der Waals surface area contributed by atoms with Crippen LogP contribution in [-0.4, -0.2) is 5.75 Å². The highest BCUT2D eigenvalue weighted by molar-refractivity contribution is 7.99. The molecule has 0 amide bonds. The standard InChI is InChI=1S/C18H22N2S/c1-14(2)6-4-7-15(3)10-11-21-18-9-5-8-16(12-19)17(18)13-20/h5-6,8-9,15H,4,7,10-11H2,1-3H3. The second-order valence-electron chi connectivity index (χ2n) is 5.50. The first-order valence-corrected chi connectivity index (χ1v) is 8.26. The van der Waals surface area contributed by atoms with Crippen LogP contribution in [0.4, 0.5) is 0 Å². The van der Waals surface area contributed by atoms with E-state index < -0.39 is 0 Å². The minimum Gasteiger partial charge on any atom is -0.192 e. The van der Waals surface area contributed by atoms with E-state index >= 15 is 0 Å². The van der Waals surface area contributed by atoms with Crippen LogP contribution < -0.4 is 0 Å². The molecule has 0 saturated heterocycles. The van der Waals surface area contributed by atoms with Gasteiger partial charge in [-0.25, -0.2) is 0 Å². The minimum atomic E-state index is 0.471. The fourth-order valence-electron chi connectivity index (χ4n) is 2.03. The molecule has 1 aromatic carbocycles. The first-order chi connectivity index (χ1) is 10.1. The molecular weight excluding hydrogens is 276 g/mol. The zero-order chi connectivity index (χ0) is 15.7. The van der Waals surface area contributed by atoms with Crippen LogP contribution in [0.5, 0.6) is 0 Å². The molecule has 1 rings (SSSR count). The molecule has 0 radical (unpaired) electrons. The maximum Gasteiger partial charge on any atom is 0.102 e. The molecule has 21 heavy (non-hydrogen) atoms. The van der Waals surface area contributed by atoms with E-state index in [-0.39, 0.29) is 0 Å². The monoisotopic (exact) mass is 298 g/mol. The zero-order valence-electron chi connectivity index (χ0n) is 13.0. The van der Waals surface area contributed by atoms with E-state index in [4.69, 9.17) is 5.26 Å². The molecule has 1 atom stereocenters. The van der Waals surface area contributed by atoms with E-state index in [9.17, 15) is 5.26 Å². The van der Waals surface area contributed by atoms with Crippen LogP contribution in [0, 0.1) is 28.6 Å². The smallest absolute Gasteiger partial charge is 0.102 e. The summed E-state index contributed by atoms with van der Waals surface area (Å²) in [6, 6.07) is 9.71. The summed E-state index contributed by atoms with van der Waals surface area (Å²) in [6.07, 6.45) is 5.76. The lowest BCUT2D eigenvalue weighted by atomic mass is 10.0. The summed E-state index contributed by atoms with van der Waals surface area (Å²) in [6.45, 7) is 6.54. The Morgan fingerprint density at radius 2 is 2.00 bits per heavy atom. The highest BCUT2D eigenvalue weighted by Gasteiger charge is 2.09. The molecule has 2 nitrogen and oxygen atoms in total. The van der Waals surface area contributed by atoms with E-state index in [0.29, 0.717) is 17.0 Å². The molecule has 0 aliphatic rings. The predicted octanol–water partition coefficient (Wildman–Crippen LogP) is 5.29. The highest BCUT2D eigenvalue weighted by Crippen LogP contribution is 2.27. The lowest BCUT2D eigenvalue weighted by Gasteiger charge is -2.10. The second-order valence-corrected chi connectivity index (χ2v) is 6.64. The van der Waals surface area contributed by atoms with Crippen LogP contribution in [0.3, 0.4) is 0 Å². The molecule has 1 aromatic rings. The highest BCUT2D eigenvalue weighted by atomic mass is 32.2. The predicted molar refractivity (Wildman–Crippen MR) is 89.0 cm³/mol. The van der Waals surface area contributed by atoms with Crippen LogP contribution in [0.25, 0.3) is 0 Å². The fraction of sp³-hybridized carbons (Fsp3) is 0.444. The summed E-state index contributed by atoms with van der Waals surface area (Å²) in [5.74, 6) is 1.66. The number of nitriles is 2. The van der Waals surface area contributed by atoms with Crippen molar-refractivity contribution in [2.45, 2.75) is 44.9 Å². The summed E-state index contributed by atoms with van der Waals surface area (Å²) >= 11 is 1.68. The zero-order valence-corrected chi connectivity index (χ0v) is 13.8. The van der Waals surface area contributed by atoms with Crippen molar-refractivity contribution in [1.82, 2.24) is 0 Å². The van der Waals surface area contributed by atoms with Crippen molar-refractivity contribution in [3.8, 4) is 12.1 Å². The molecule has 0 aliphatic heterocycles. The van der Waals surface area contributed by atoms with Crippen LogP contribution >= 0.6 is 11.8 Å². The first-order valence-electron chi connectivity index (χ1n) is 7.27. The van der Waals surface area contributed by atoms with Gasteiger partial charge in [-0.2, -0.15) is 10.5 Å². The van der Waals surface area contributed by atoms with Crippen molar-refractivity contribution in [2.75, 3.05) is 5.75 Å². The minimum absolute atomic E-state index is 0.471. The molecular formula is C18H22N2S. The number of benzene rings is 1. The molecule has 0 saturated carbocycles. The maximum atomic E-state index is 9.19. The Morgan fingerprint density at radius 3 is 2.62 bits per heavy atom. The Labute approximate surface area is 132 Å². The molecule has 3 heteroatoms. The summed E-state index contributed by atoms with van der Waals surface area (Å²) in [5, 5.41) is 18.2. The molecule has 110 valence electrons. The number of hydrogen-bond acceptors (Lipinski definition) is 3. The first kappa shape index (κ1) is 17.3. The Kier molecular flexibility index (Phi) is 7.65. The molecule has 0 N–H and O–H groups in total. The van der Waals surface area contributed by atoms with E-state index in [1.165, 1.54) is 12.0 Å². The average molecular weight is 298 g/mol. The quantitative estimate of drug-likeness (QED) is 0.507. The largest absolute Gasteiger partial charge is 0.192 e. The van der Waals surface area contributed by atoms with Crippen LogP contribution in [0.2, 0.25) is 0 Å². The maximum absolute atomic E-state index is 9.19. The van der Waals surface area contributed by atoms with Crippen molar-refractivity contribution >= 4 is 11.8 Å². The van der Waals surface area contributed by atoms with Crippen molar-refractivity contribution < 1.29 is 0 Å². The van der Waals surface area contributed by atoms with E-state index in [1.807, 2.05) is 12.1 Å². The van der Waals surface area contributed by atoms with Gasteiger partial charge < -0.3 is 0 Å². The lowest BCUT2D eigenvalue weighted by Crippen LogP contribution is -1.97. The van der Waals surface area contributed by atoms with Gasteiger partial charge in [-0.15, -0.1) is 11.8 Å². The molecule has 1 unspecified atom stereocenters. The van der Waals surface area contributed by atoms with Gasteiger partial charge in [0.15, 0.2) is 0 Å². The number of nitrogens with zero attached hydrogens (tertiary/aromatic N) is 2. The van der Waals surface area contributed by atoms with Crippen LogP contribution in [-0.2, 0) is 0 Å². The third-order valence-corrected chi connectivity index (χ3v) is 4.43. The second kappa shape index (κ2) is 9.27. The Hall–Kier alpha value is -1.71. The van der Waals surface area contributed by atoms with Gasteiger partial charge in [-0.05, 0) is 56.9 Å². The molecule has 0 bridgehead atoms. The fourth-order valence-corrected chi connectivity index (χ4v) is 3.25. The summed E-state index contributed by atoms with van der Waals surface area (Å²) in [4.78, 5) is 0.924. The molecule has 0 spiro atoms. The van der Waals surface area contributed by atoms with E-state index in [2.05, 4.69) is 39.0 Å². The Bertz CT molecular complexity index is 572. The van der Waals surface area contributed by atoms with Gasteiger partial charge in [0.25, 0.3) is 0 Å². The molecule has 0 fully saturated rings. The number of hydrogen-bond donors (Lipinski definition) is 0. The Morgan fingerprint density at radius 1 is 1.24 bits per heavy atom. The van der Waals surface area contributed by atoms with Crippen molar-refractivity contribution in [1.29, 1.82) is 10.5 Å². The third kappa shape index (κ3) is 6.06. The van der Waals surface area contributed by atoms with Crippen LogP contribution in [0.15, 0.2) is 34.7 Å².